The van der Waals surface area contributed by atoms with E-state index in [1.165, 1.54) is 18.2 Å². The van der Waals surface area contributed by atoms with E-state index >= 15 is 0 Å². The fourth-order valence-electron chi connectivity index (χ4n) is 1.03. The van der Waals surface area contributed by atoms with Crippen molar-refractivity contribution in [2.75, 3.05) is 0 Å². The fourth-order valence-corrected chi connectivity index (χ4v) is 1.50. The zero-order valence-corrected chi connectivity index (χ0v) is 7.82. The smallest absolute Gasteiger partial charge is 0.185 e. The Labute approximate surface area is 83.5 Å². The molecule has 0 amide bonds. The van der Waals surface area contributed by atoms with Crippen LogP contribution in [-0.2, 0) is 11.9 Å². The predicted octanol–water partition coefficient (Wildman–Crippen LogP) is 3.42. The second kappa shape index (κ2) is 4.38. The predicted molar refractivity (Wildman–Crippen MR) is 48.4 cm³/mol. The van der Waals surface area contributed by atoms with Gasteiger partial charge in [-0.3, -0.25) is 0 Å². The van der Waals surface area contributed by atoms with Crippen LogP contribution in [0.5, 0.6) is 0 Å². The van der Waals surface area contributed by atoms with Gasteiger partial charge < -0.3 is 0 Å². The molecule has 0 aliphatic rings. The van der Waals surface area contributed by atoms with Gasteiger partial charge in [0.05, 0.1) is 5.56 Å². The van der Waals surface area contributed by atoms with Crippen LogP contribution in [0.4, 0.5) is 13.2 Å². The lowest BCUT2D eigenvalue weighted by atomic mass is 10.1. The van der Waals surface area contributed by atoms with Gasteiger partial charge in [0.15, 0.2) is 0 Å². The highest BCUT2D eigenvalue weighted by atomic mass is 32.2. The highest BCUT2D eigenvalue weighted by Crippen LogP contribution is 2.33. The van der Waals surface area contributed by atoms with Crippen LogP contribution in [0.25, 0.3) is 0 Å². The molecule has 0 aliphatic heterocycles. The molecule has 0 aliphatic carbocycles. The van der Waals surface area contributed by atoms with E-state index in [2.05, 4.69) is 0 Å². The third-order valence-electron chi connectivity index (χ3n) is 1.61. The summed E-state index contributed by atoms with van der Waals surface area (Å²) >= 11 is 0.797. The summed E-state index contributed by atoms with van der Waals surface area (Å²) in [7, 11) is 0. The summed E-state index contributed by atoms with van der Waals surface area (Å²) in [6.07, 6.45) is -4.34. The molecule has 1 aromatic rings. The molecule has 0 atom stereocenters. The first-order valence-corrected chi connectivity index (χ1v) is 4.70. The molecule has 5 heteroatoms. The molecule has 74 valence electrons. The van der Waals surface area contributed by atoms with Crippen LogP contribution in [0.1, 0.15) is 11.1 Å². The maximum Gasteiger partial charge on any atom is 0.416 e. The van der Waals surface area contributed by atoms with E-state index in [0.717, 1.165) is 17.8 Å². The van der Waals surface area contributed by atoms with Crippen molar-refractivity contribution < 1.29 is 13.2 Å². The molecule has 0 bridgehead atoms. The average Bonchev–Trinajstić information content (AvgIpc) is 2.14. The van der Waals surface area contributed by atoms with E-state index in [-0.39, 0.29) is 11.3 Å². The Kier molecular flexibility index (Phi) is 3.42. The van der Waals surface area contributed by atoms with Crippen molar-refractivity contribution in [2.45, 2.75) is 11.9 Å². The summed E-state index contributed by atoms with van der Waals surface area (Å²) in [6, 6.07) is 5.27. The summed E-state index contributed by atoms with van der Waals surface area (Å²) in [5.74, 6) is 0.0617. The van der Waals surface area contributed by atoms with Gasteiger partial charge >= 0.3 is 6.18 Å². The summed E-state index contributed by atoms with van der Waals surface area (Å²) < 4.78 is 37.2. The molecule has 0 unspecified atom stereocenters. The average molecular weight is 217 g/mol. The van der Waals surface area contributed by atoms with Crippen molar-refractivity contribution in [3.05, 3.63) is 35.4 Å². The Morgan fingerprint density at radius 2 is 1.93 bits per heavy atom. The van der Waals surface area contributed by atoms with E-state index in [1.54, 1.807) is 5.40 Å². The van der Waals surface area contributed by atoms with Gasteiger partial charge in [0.25, 0.3) is 0 Å². The number of thioether (sulfide) groups is 1. The zero-order valence-electron chi connectivity index (χ0n) is 7.01. The third kappa shape index (κ3) is 2.67. The number of hydrogen-bond donors (Lipinski definition) is 0. The molecule has 0 fully saturated rings. The van der Waals surface area contributed by atoms with E-state index in [0.29, 0.717) is 0 Å². The molecule has 1 rings (SSSR count). The quantitative estimate of drug-likeness (QED) is 0.709. The highest BCUT2D eigenvalue weighted by molar-refractivity contribution is 8.02. The number of alkyl halides is 3. The number of benzene rings is 1. The normalized spacial score (nSPS) is 11.0. The van der Waals surface area contributed by atoms with Gasteiger partial charge in [-0.05, 0) is 23.4 Å². The van der Waals surface area contributed by atoms with Crippen molar-refractivity contribution >= 4 is 11.8 Å². The Bertz CT molecular complexity index is 354. The van der Waals surface area contributed by atoms with Crippen molar-refractivity contribution in [2.24, 2.45) is 0 Å². The Morgan fingerprint density at radius 3 is 2.50 bits per heavy atom. The van der Waals surface area contributed by atoms with Gasteiger partial charge in [0.2, 0.25) is 0 Å². The van der Waals surface area contributed by atoms with Gasteiger partial charge in [-0.1, -0.05) is 18.2 Å². The van der Waals surface area contributed by atoms with E-state index in [1.807, 2.05) is 0 Å². The SMILES string of the molecule is N#CSCc1ccccc1C(F)(F)F. The molecule has 0 spiro atoms. The molecule has 0 aromatic heterocycles. The first kappa shape index (κ1) is 10.9. The second-order valence-electron chi connectivity index (χ2n) is 2.53. The number of hydrogen-bond acceptors (Lipinski definition) is 2. The van der Waals surface area contributed by atoms with Crippen LogP contribution in [-0.4, -0.2) is 0 Å². The van der Waals surface area contributed by atoms with Crippen molar-refractivity contribution in [1.29, 1.82) is 5.26 Å². The largest absolute Gasteiger partial charge is 0.416 e. The summed E-state index contributed by atoms with van der Waals surface area (Å²) in [5, 5.41) is 10.00. The molecular weight excluding hydrogens is 211 g/mol. The number of halogens is 3. The minimum atomic E-state index is -4.34. The lowest BCUT2D eigenvalue weighted by molar-refractivity contribution is -0.138. The van der Waals surface area contributed by atoms with Crippen LogP contribution in [0, 0.1) is 10.7 Å². The highest BCUT2D eigenvalue weighted by Gasteiger charge is 2.32. The molecule has 0 N–H and O–H groups in total. The molecule has 14 heavy (non-hydrogen) atoms. The van der Waals surface area contributed by atoms with Gasteiger partial charge in [0, 0.05) is 5.75 Å². The Balaban J connectivity index is 2.99. The minimum absolute atomic E-state index is 0.0617. The molecule has 1 nitrogen and oxygen atoms in total. The van der Waals surface area contributed by atoms with Crippen LogP contribution in [0.15, 0.2) is 24.3 Å². The maximum atomic E-state index is 12.4. The summed E-state index contributed by atoms with van der Waals surface area (Å²) in [4.78, 5) is 0. The van der Waals surface area contributed by atoms with Gasteiger partial charge in [-0.2, -0.15) is 18.4 Å². The van der Waals surface area contributed by atoms with Crippen molar-refractivity contribution in [3.8, 4) is 5.40 Å². The minimum Gasteiger partial charge on any atom is -0.185 e. The summed E-state index contributed by atoms with van der Waals surface area (Å²) in [6.45, 7) is 0. The Morgan fingerprint density at radius 1 is 1.29 bits per heavy atom. The Hall–Kier alpha value is -1.15. The van der Waals surface area contributed by atoms with Crippen LogP contribution in [0.3, 0.4) is 0 Å². The molecule has 0 saturated heterocycles. The molecule has 0 heterocycles. The van der Waals surface area contributed by atoms with Gasteiger partial charge in [-0.25, -0.2) is 0 Å². The van der Waals surface area contributed by atoms with E-state index in [4.69, 9.17) is 5.26 Å². The fraction of sp³-hybridized carbons (Fsp3) is 0.222. The molecular formula is C9H6F3NS. The second-order valence-corrected chi connectivity index (χ2v) is 3.29. The number of nitrogens with zero attached hydrogens (tertiary/aromatic N) is 1. The molecule has 0 radical (unpaired) electrons. The van der Waals surface area contributed by atoms with E-state index in [9.17, 15) is 13.2 Å². The number of nitriles is 1. The van der Waals surface area contributed by atoms with Crippen LogP contribution < -0.4 is 0 Å². The third-order valence-corrected chi connectivity index (χ3v) is 2.20. The first-order valence-electron chi connectivity index (χ1n) is 3.71. The molecule has 0 saturated carbocycles. The lowest BCUT2D eigenvalue weighted by Crippen LogP contribution is -2.08. The van der Waals surface area contributed by atoms with Gasteiger partial charge in [-0.15, -0.1) is 0 Å². The monoisotopic (exact) mass is 217 g/mol. The van der Waals surface area contributed by atoms with E-state index < -0.39 is 11.7 Å². The van der Waals surface area contributed by atoms with Gasteiger partial charge in [0.1, 0.15) is 5.40 Å². The topological polar surface area (TPSA) is 23.8 Å². The standard InChI is InChI=1S/C9H6F3NS/c10-9(11,12)8-4-2-1-3-7(8)5-14-6-13/h1-4H,5H2. The number of thiocyanates is 1. The van der Waals surface area contributed by atoms with Crippen LogP contribution in [0.2, 0.25) is 0 Å². The van der Waals surface area contributed by atoms with Crippen molar-refractivity contribution in [3.63, 3.8) is 0 Å². The van der Waals surface area contributed by atoms with Crippen LogP contribution >= 0.6 is 11.8 Å². The zero-order chi connectivity index (χ0) is 10.6. The molecule has 1 aromatic carbocycles. The maximum absolute atomic E-state index is 12.4. The first-order chi connectivity index (χ1) is 6.55. The number of rotatable bonds is 2. The lowest BCUT2D eigenvalue weighted by Gasteiger charge is -2.10. The summed E-state index contributed by atoms with van der Waals surface area (Å²) in [5.41, 5.74) is -0.519. The van der Waals surface area contributed by atoms with Crippen molar-refractivity contribution in [1.82, 2.24) is 0 Å².